The van der Waals surface area contributed by atoms with Gasteiger partial charge in [-0.15, -0.1) is 0 Å². The lowest BCUT2D eigenvalue weighted by Gasteiger charge is -2.09. The molecule has 0 bridgehead atoms. The van der Waals surface area contributed by atoms with Crippen LogP contribution in [0.4, 0.5) is 29.3 Å². The summed E-state index contributed by atoms with van der Waals surface area (Å²) in [7, 11) is 0. The fourth-order valence-electron chi connectivity index (χ4n) is 1.14. The number of benzene rings is 1. The molecule has 0 aliphatic carbocycles. The third-order valence-corrected chi connectivity index (χ3v) is 1.82. The van der Waals surface area contributed by atoms with Crippen LogP contribution in [0.5, 0.6) is 0 Å². The Morgan fingerprint density at radius 2 is 1.58 bits per heavy atom. The van der Waals surface area contributed by atoms with Crippen molar-refractivity contribution in [3.63, 3.8) is 0 Å². The molecule has 5 nitrogen and oxygen atoms in total. The number of alkyl halides is 3. The number of amides is 2. The summed E-state index contributed by atoms with van der Waals surface area (Å²) in [5, 5.41) is 4.62. The van der Waals surface area contributed by atoms with Crippen molar-refractivity contribution in [3.8, 4) is 0 Å². The first-order valence-electron chi connectivity index (χ1n) is 5.14. The Morgan fingerprint density at radius 1 is 1.11 bits per heavy atom. The van der Waals surface area contributed by atoms with E-state index in [-0.39, 0.29) is 11.6 Å². The smallest absolute Gasteiger partial charge is 0.422 e. The van der Waals surface area contributed by atoms with Crippen LogP contribution in [0, 0.1) is 0 Å². The Bertz CT molecular complexity index is 457. The molecule has 0 spiro atoms. The van der Waals surface area contributed by atoms with E-state index in [2.05, 4.69) is 15.4 Å². The van der Waals surface area contributed by atoms with Gasteiger partial charge in [-0.1, -0.05) is 0 Å². The third-order valence-electron chi connectivity index (χ3n) is 1.82. The summed E-state index contributed by atoms with van der Waals surface area (Å²) in [5.74, 6) is -0.259. The number of nitrogens with one attached hydrogen (secondary N) is 2. The lowest BCUT2D eigenvalue weighted by molar-refractivity contribution is -0.159. The van der Waals surface area contributed by atoms with Gasteiger partial charge >= 0.3 is 12.3 Å². The summed E-state index contributed by atoms with van der Waals surface area (Å²) in [6, 6.07) is 5.81. The highest BCUT2D eigenvalue weighted by Crippen LogP contribution is 2.16. The maximum absolute atomic E-state index is 11.8. The van der Waals surface area contributed by atoms with Gasteiger partial charge in [-0.2, -0.15) is 13.2 Å². The van der Waals surface area contributed by atoms with Gasteiger partial charge < -0.3 is 10.1 Å². The highest BCUT2D eigenvalue weighted by atomic mass is 19.4. The number of ether oxygens (including phenoxy) is 1. The summed E-state index contributed by atoms with van der Waals surface area (Å²) < 4.78 is 39.3. The van der Waals surface area contributed by atoms with Crippen LogP contribution in [0.2, 0.25) is 0 Å². The van der Waals surface area contributed by atoms with Crippen molar-refractivity contribution in [2.24, 2.45) is 0 Å². The summed E-state index contributed by atoms with van der Waals surface area (Å²) >= 11 is 0. The first-order valence-corrected chi connectivity index (χ1v) is 5.14. The van der Waals surface area contributed by atoms with Crippen LogP contribution in [0.15, 0.2) is 24.3 Å². The van der Waals surface area contributed by atoms with Crippen LogP contribution < -0.4 is 10.6 Å². The van der Waals surface area contributed by atoms with Crippen LogP contribution in [0.3, 0.4) is 0 Å². The largest absolute Gasteiger partial charge is 0.440 e. The monoisotopic (exact) mass is 276 g/mol. The second-order valence-electron chi connectivity index (χ2n) is 3.57. The minimum atomic E-state index is -4.56. The van der Waals surface area contributed by atoms with Gasteiger partial charge in [0.05, 0.1) is 0 Å². The number of halogens is 3. The zero-order valence-electron chi connectivity index (χ0n) is 9.88. The van der Waals surface area contributed by atoms with Crippen molar-refractivity contribution >= 4 is 23.4 Å². The fraction of sp³-hybridized carbons (Fsp3) is 0.273. The Morgan fingerprint density at radius 3 is 2.00 bits per heavy atom. The van der Waals surface area contributed by atoms with Crippen LogP contribution >= 0.6 is 0 Å². The molecule has 0 unspecified atom stereocenters. The number of carbonyl (C=O) groups excluding carboxylic acids is 2. The van der Waals surface area contributed by atoms with E-state index in [0.717, 1.165) is 0 Å². The average molecular weight is 276 g/mol. The average Bonchev–Trinajstić information content (AvgIpc) is 2.28. The van der Waals surface area contributed by atoms with Crippen molar-refractivity contribution in [1.82, 2.24) is 0 Å². The summed E-state index contributed by atoms with van der Waals surface area (Å²) in [4.78, 5) is 21.8. The van der Waals surface area contributed by atoms with Crippen LogP contribution in [-0.4, -0.2) is 24.8 Å². The number of carbonyl (C=O) groups is 2. The van der Waals surface area contributed by atoms with Gasteiger partial charge in [0.25, 0.3) is 0 Å². The Labute approximate surface area is 106 Å². The van der Waals surface area contributed by atoms with E-state index in [1.54, 1.807) is 0 Å². The maximum Gasteiger partial charge on any atom is 0.422 e. The normalized spacial score (nSPS) is 10.7. The number of rotatable bonds is 3. The summed E-state index contributed by atoms with van der Waals surface area (Å²) in [6.07, 6.45) is -5.77. The van der Waals surface area contributed by atoms with Gasteiger partial charge in [-0.3, -0.25) is 10.1 Å². The van der Waals surface area contributed by atoms with E-state index < -0.39 is 18.9 Å². The molecule has 0 aromatic heterocycles. The second-order valence-corrected chi connectivity index (χ2v) is 3.57. The van der Waals surface area contributed by atoms with Crippen molar-refractivity contribution < 1.29 is 27.5 Å². The zero-order valence-corrected chi connectivity index (χ0v) is 9.88. The van der Waals surface area contributed by atoms with Crippen molar-refractivity contribution in [3.05, 3.63) is 24.3 Å². The van der Waals surface area contributed by atoms with Crippen molar-refractivity contribution in [2.75, 3.05) is 17.2 Å². The molecule has 2 N–H and O–H groups in total. The SMILES string of the molecule is CC(=O)Nc1ccc(NC(=O)OCC(F)(F)F)cc1. The highest BCUT2D eigenvalue weighted by molar-refractivity contribution is 5.89. The topological polar surface area (TPSA) is 67.4 Å². The van der Waals surface area contributed by atoms with E-state index in [4.69, 9.17) is 0 Å². The van der Waals surface area contributed by atoms with E-state index in [0.29, 0.717) is 5.69 Å². The zero-order chi connectivity index (χ0) is 14.5. The molecule has 0 fully saturated rings. The molecule has 0 saturated heterocycles. The molecule has 1 rings (SSSR count). The van der Waals surface area contributed by atoms with Crippen LogP contribution in [0.25, 0.3) is 0 Å². The fourth-order valence-corrected chi connectivity index (χ4v) is 1.14. The number of hydrogen-bond acceptors (Lipinski definition) is 3. The second kappa shape index (κ2) is 6.07. The van der Waals surface area contributed by atoms with Crippen LogP contribution in [0.1, 0.15) is 6.92 Å². The van der Waals surface area contributed by atoms with Crippen molar-refractivity contribution in [2.45, 2.75) is 13.1 Å². The molecule has 1 aromatic carbocycles. The predicted octanol–water partition coefficient (Wildman–Crippen LogP) is 2.76. The molecule has 0 saturated carbocycles. The third kappa shape index (κ3) is 6.29. The van der Waals surface area contributed by atoms with E-state index in [9.17, 15) is 22.8 Å². The van der Waals surface area contributed by atoms with Crippen LogP contribution in [-0.2, 0) is 9.53 Å². The number of anilines is 2. The molecule has 8 heteroatoms. The van der Waals surface area contributed by atoms with E-state index >= 15 is 0 Å². The summed E-state index contributed by atoms with van der Waals surface area (Å²) in [5.41, 5.74) is 0.753. The molecule has 0 radical (unpaired) electrons. The van der Waals surface area contributed by atoms with E-state index in [1.165, 1.54) is 31.2 Å². The van der Waals surface area contributed by atoms with Gasteiger partial charge in [-0.05, 0) is 24.3 Å². The Hall–Kier alpha value is -2.25. The van der Waals surface area contributed by atoms with Gasteiger partial charge in [0.2, 0.25) is 5.91 Å². The molecular formula is C11H11F3N2O3. The lowest BCUT2D eigenvalue weighted by Crippen LogP contribution is -2.23. The van der Waals surface area contributed by atoms with Gasteiger partial charge in [0.15, 0.2) is 6.61 Å². The van der Waals surface area contributed by atoms with Gasteiger partial charge in [0.1, 0.15) is 0 Å². The quantitative estimate of drug-likeness (QED) is 0.892. The molecule has 0 heterocycles. The first kappa shape index (κ1) is 14.8. The minimum absolute atomic E-state index is 0.251. The molecule has 0 aliphatic heterocycles. The molecule has 0 aliphatic rings. The predicted molar refractivity (Wildman–Crippen MR) is 61.8 cm³/mol. The standard InChI is InChI=1S/C11H11F3N2O3/c1-7(17)15-8-2-4-9(5-3-8)16-10(18)19-6-11(12,13)14/h2-5H,6H2,1H3,(H,15,17)(H,16,18). The molecule has 0 atom stereocenters. The molecule has 2 amide bonds. The molecular weight excluding hydrogens is 265 g/mol. The first-order chi connectivity index (χ1) is 8.76. The summed E-state index contributed by atoms with van der Waals surface area (Å²) in [6.45, 7) is -0.316. The van der Waals surface area contributed by atoms with E-state index in [1.807, 2.05) is 0 Å². The maximum atomic E-state index is 11.8. The molecule has 19 heavy (non-hydrogen) atoms. The minimum Gasteiger partial charge on any atom is -0.440 e. The Kier molecular flexibility index (Phi) is 4.74. The van der Waals surface area contributed by atoms with Gasteiger partial charge in [0, 0.05) is 18.3 Å². The Balaban J connectivity index is 2.49. The molecule has 104 valence electrons. The van der Waals surface area contributed by atoms with Gasteiger partial charge in [-0.25, -0.2) is 4.79 Å². The molecule has 1 aromatic rings. The highest BCUT2D eigenvalue weighted by Gasteiger charge is 2.29. The van der Waals surface area contributed by atoms with Crippen molar-refractivity contribution in [1.29, 1.82) is 0 Å². The lowest BCUT2D eigenvalue weighted by atomic mass is 10.3. The number of hydrogen-bond donors (Lipinski definition) is 2.